The molecule has 0 amide bonds. The van der Waals surface area contributed by atoms with Crippen molar-refractivity contribution in [2.24, 2.45) is 17.8 Å². The van der Waals surface area contributed by atoms with Crippen LogP contribution in [-0.4, -0.2) is 24.4 Å². The highest BCUT2D eigenvalue weighted by Gasteiger charge is 2.44. The third-order valence-corrected chi connectivity index (χ3v) is 4.36. The minimum absolute atomic E-state index is 0.474. The molecule has 2 aliphatic carbocycles. The lowest BCUT2D eigenvalue weighted by molar-refractivity contribution is -0.0222. The van der Waals surface area contributed by atoms with Crippen LogP contribution in [0.5, 0.6) is 0 Å². The van der Waals surface area contributed by atoms with Crippen molar-refractivity contribution in [2.45, 2.75) is 44.6 Å². The Labute approximate surface area is 98.7 Å². The van der Waals surface area contributed by atoms with Crippen molar-refractivity contribution >= 4 is 0 Å². The van der Waals surface area contributed by atoms with Crippen LogP contribution < -0.4 is 0 Å². The average molecular weight is 224 g/mol. The van der Waals surface area contributed by atoms with Gasteiger partial charge in [0.15, 0.2) is 0 Å². The molecule has 0 spiro atoms. The molecular formula is C14H24O2. The van der Waals surface area contributed by atoms with Crippen LogP contribution in [0.1, 0.15) is 39.0 Å². The molecule has 2 nitrogen and oxygen atoms in total. The minimum Gasteiger partial charge on any atom is -0.390 e. The van der Waals surface area contributed by atoms with Gasteiger partial charge in [0.05, 0.1) is 5.60 Å². The molecule has 0 aliphatic heterocycles. The fourth-order valence-corrected chi connectivity index (χ4v) is 3.41. The van der Waals surface area contributed by atoms with Crippen LogP contribution in [0.4, 0.5) is 0 Å². The minimum atomic E-state index is -0.474. The normalized spacial score (nSPS) is 35.6. The van der Waals surface area contributed by atoms with E-state index >= 15 is 0 Å². The van der Waals surface area contributed by atoms with Gasteiger partial charge in [-0.3, -0.25) is 0 Å². The van der Waals surface area contributed by atoms with Gasteiger partial charge in [-0.1, -0.05) is 12.2 Å². The van der Waals surface area contributed by atoms with Crippen LogP contribution in [0.25, 0.3) is 0 Å². The quantitative estimate of drug-likeness (QED) is 0.555. The Kier molecular flexibility index (Phi) is 3.70. The Balaban J connectivity index is 1.80. The van der Waals surface area contributed by atoms with Crippen molar-refractivity contribution in [2.75, 3.05) is 13.7 Å². The van der Waals surface area contributed by atoms with E-state index < -0.39 is 5.60 Å². The zero-order chi connectivity index (χ0) is 11.6. The number of hydrogen-bond donors (Lipinski definition) is 1. The zero-order valence-corrected chi connectivity index (χ0v) is 10.5. The Morgan fingerprint density at radius 2 is 2.12 bits per heavy atom. The fourth-order valence-electron chi connectivity index (χ4n) is 3.41. The first kappa shape index (κ1) is 12.1. The molecule has 0 saturated heterocycles. The van der Waals surface area contributed by atoms with E-state index in [1.54, 1.807) is 7.11 Å². The van der Waals surface area contributed by atoms with E-state index in [0.29, 0.717) is 11.8 Å². The van der Waals surface area contributed by atoms with Crippen LogP contribution in [0.15, 0.2) is 12.2 Å². The van der Waals surface area contributed by atoms with Crippen molar-refractivity contribution in [3.05, 3.63) is 12.2 Å². The van der Waals surface area contributed by atoms with Crippen LogP contribution in [0, 0.1) is 17.8 Å². The third-order valence-electron chi connectivity index (χ3n) is 4.36. The van der Waals surface area contributed by atoms with Crippen LogP contribution in [0.3, 0.4) is 0 Å². The van der Waals surface area contributed by atoms with E-state index in [0.717, 1.165) is 31.8 Å². The highest BCUT2D eigenvalue weighted by molar-refractivity contribution is 5.13. The Hall–Kier alpha value is -0.340. The molecule has 2 heteroatoms. The van der Waals surface area contributed by atoms with E-state index in [1.165, 1.54) is 12.8 Å². The number of ether oxygens (including phenoxy) is 1. The molecule has 4 atom stereocenters. The molecule has 0 heterocycles. The average Bonchev–Trinajstić information content (AvgIpc) is 2.86. The topological polar surface area (TPSA) is 29.5 Å². The molecule has 2 bridgehead atoms. The van der Waals surface area contributed by atoms with Crippen LogP contribution in [0.2, 0.25) is 0 Å². The molecule has 0 aromatic carbocycles. The summed E-state index contributed by atoms with van der Waals surface area (Å²) in [5.74, 6) is 1.88. The van der Waals surface area contributed by atoms with Gasteiger partial charge in [-0.05, 0) is 56.8 Å². The van der Waals surface area contributed by atoms with Gasteiger partial charge in [-0.15, -0.1) is 0 Å². The number of fused-ring (bicyclic) bond motifs is 2. The number of unbranched alkanes of at least 4 members (excludes halogenated alkanes) is 1. The lowest BCUT2D eigenvalue weighted by atomic mass is 9.77. The first-order valence-electron chi connectivity index (χ1n) is 6.53. The first-order valence-corrected chi connectivity index (χ1v) is 6.53. The summed E-state index contributed by atoms with van der Waals surface area (Å²) in [6.45, 7) is 2.84. The number of allylic oxidation sites excluding steroid dienone is 2. The second-order valence-electron chi connectivity index (χ2n) is 5.69. The molecule has 0 aromatic heterocycles. The first-order chi connectivity index (χ1) is 7.63. The second-order valence-corrected chi connectivity index (χ2v) is 5.69. The SMILES string of the molecule is COCCCCC(C)(O)C1CC2C=CC1C2. The smallest absolute Gasteiger partial charge is 0.0653 e. The molecule has 0 aromatic rings. The maximum Gasteiger partial charge on any atom is 0.0653 e. The van der Waals surface area contributed by atoms with E-state index in [1.807, 2.05) is 6.92 Å². The van der Waals surface area contributed by atoms with E-state index in [2.05, 4.69) is 12.2 Å². The maximum atomic E-state index is 10.6. The molecule has 0 radical (unpaired) electrons. The van der Waals surface area contributed by atoms with E-state index in [-0.39, 0.29) is 0 Å². The highest BCUT2D eigenvalue weighted by atomic mass is 16.5. The molecule has 92 valence electrons. The molecule has 1 fully saturated rings. The number of rotatable bonds is 6. The van der Waals surface area contributed by atoms with Crippen molar-refractivity contribution in [3.8, 4) is 0 Å². The van der Waals surface area contributed by atoms with Crippen LogP contribution >= 0.6 is 0 Å². The summed E-state index contributed by atoms with van der Waals surface area (Å²) < 4.78 is 5.04. The summed E-state index contributed by atoms with van der Waals surface area (Å²) in [5, 5.41) is 10.6. The number of methoxy groups -OCH3 is 1. The van der Waals surface area contributed by atoms with Crippen molar-refractivity contribution < 1.29 is 9.84 Å². The Morgan fingerprint density at radius 3 is 2.69 bits per heavy atom. The summed E-state index contributed by atoms with van der Waals surface area (Å²) in [6.07, 6.45) is 10.2. The monoisotopic (exact) mass is 224 g/mol. The fraction of sp³-hybridized carbons (Fsp3) is 0.857. The second kappa shape index (κ2) is 4.89. The molecule has 1 N–H and O–H groups in total. The van der Waals surface area contributed by atoms with Gasteiger partial charge in [0, 0.05) is 13.7 Å². The molecule has 1 saturated carbocycles. The van der Waals surface area contributed by atoms with E-state index in [9.17, 15) is 5.11 Å². The summed E-state index contributed by atoms with van der Waals surface area (Å²) in [6, 6.07) is 0. The maximum absolute atomic E-state index is 10.6. The summed E-state index contributed by atoms with van der Waals surface area (Å²) in [5.41, 5.74) is -0.474. The highest BCUT2D eigenvalue weighted by Crippen LogP contribution is 2.49. The summed E-state index contributed by atoms with van der Waals surface area (Å²) in [7, 11) is 1.73. The standard InChI is InChI=1S/C14H24O2/c1-14(15,7-3-4-8-16-2)13-10-11-5-6-12(13)9-11/h5-6,11-13,15H,3-4,7-10H2,1-2H3. The zero-order valence-electron chi connectivity index (χ0n) is 10.5. The van der Waals surface area contributed by atoms with Crippen LogP contribution in [-0.2, 0) is 4.74 Å². The van der Waals surface area contributed by atoms with Gasteiger partial charge in [-0.2, -0.15) is 0 Å². The third kappa shape index (κ3) is 2.49. The predicted octanol–water partition coefficient (Wildman–Crippen LogP) is 2.77. The van der Waals surface area contributed by atoms with Crippen molar-refractivity contribution in [1.82, 2.24) is 0 Å². The van der Waals surface area contributed by atoms with Gasteiger partial charge in [-0.25, -0.2) is 0 Å². The molecule has 16 heavy (non-hydrogen) atoms. The van der Waals surface area contributed by atoms with E-state index in [4.69, 9.17) is 4.74 Å². The Morgan fingerprint density at radius 1 is 1.31 bits per heavy atom. The van der Waals surface area contributed by atoms with Crippen molar-refractivity contribution in [1.29, 1.82) is 0 Å². The summed E-state index contributed by atoms with van der Waals surface area (Å²) >= 11 is 0. The van der Waals surface area contributed by atoms with Crippen molar-refractivity contribution in [3.63, 3.8) is 0 Å². The molecule has 4 unspecified atom stereocenters. The van der Waals surface area contributed by atoms with Gasteiger partial charge in [0.1, 0.15) is 0 Å². The van der Waals surface area contributed by atoms with Gasteiger partial charge in [0.2, 0.25) is 0 Å². The number of aliphatic hydroxyl groups is 1. The number of hydrogen-bond acceptors (Lipinski definition) is 2. The van der Waals surface area contributed by atoms with Gasteiger partial charge < -0.3 is 9.84 Å². The molecule has 2 aliphatic rings. The largest absolute Gasteiger partial charge is 0.390 e. The molecule has 2 rings (SSSR count). The Bertz CT molecular complexity index is 257. The predicted molar refractivity (Wildman–Crippen MR) is 65.2 cm³/mol. The summed E-state index contributed by atoms with van der Waals surface area (Å²) in [4.78, 5) is 0. The molecular weight excluding hydrogens is 200 g/mol. The lowest BCUT2D eigenvalue weighted by Crippen LogP contribution is -2.37. The lowest BCUT2D eigenvalue weighted by Gasteiger charge is -2.34. The van der Waals surface area contributed by atoms with Gasteiger partial charge >= 0.3 is 0 Å². The van der Waals surface area contributed by atoms with Gasteiger partial charge in [0.25, 0.3) is 0 Å².